The molecule has 7 nitrogen and oxygen atoms in total. The van der Waals surface area contributed by atoms with Crippen LogP contribution in [0.1, 0.15) is 0 Å². The molecule has 5 N–H and O–H groups in total. The molecule has 2 atom stereocenters. The first-order chi connectivity index (χ1) is 5.84. The summed E-state index contributed by atoms with van der Waals surface area (Å²) in [7, 11) is 0. The minimum Gasteiger partial charge on any atom is -0.479 e. The van der Waals surface area contributed by atoms with E-state index in [9.17, 15) is 19.8 Å². The van der Waals surface area contributed by atoms with Crippen LogP contribution in [0.15, 0.2) is 0 Å². The highest BCUT2D eigenvalue weighted by Gasteiger charge is 2.64. The number of aliphatic carboxylic acids is 2. The molecule has 7 heteroatoms. The maximum atomic E-state index is 10.5. The lowest BCUT2D eigenvalue weighted by atomic mass is 9.86. The largest absolute Gasteiger partial charge is 0.479 e. The fourth-order valence-electron chi connectivity index (χ4n) is 1.22. The maximum absolute atomic E-state index is 10.5. The van der Waals surface area contributed by atoms with Crippen LogP contribution in [0.25, 0.3) is 0 Å². The number of aliphatic hydroxyl groups is 2. The van der Waals surface area contributed by atoms with Crippen LogP contribution < -0.4 is 5.32 Å². The highest BCUT2D eigenvalue weighted by Crippen LogP contribution is 2.27. The van der Waals surface area contributed by atoms with Crippen LogP contribution in [0.2, 0.25) is 0 Å². The summed E-state index contributed by atoms with van der Waals surface area (Å²) < 4.78 is 0. The van der Waals surface area contributed by atoms with E-state index >= 15 is 0 Å². The number of carbonyl (C=O) groups is 2. The summed E-state index contributed by atoms with van der Waals surface area (Å²) >= 11 is 0. The lowest BCUT2D eigenvalue weighted by Gasteiger charge is -2.28. The molecular formula is C6H9NO6. The first kappa shape index (κ1) is 9.90. The van der Waals surface area contributed by atoms with E-state index in [2.05, 4.69) is 5.32 Å². The Morgan fingerprint density at radius 2 is 1.31 bits per heavy atom. The lowest BCUT2D eigenvalue weighted by Crippen LogP contribution is -2.63. The van der Waals surface area contributed by atoms with Gasteiger partial charge in [0.1, 0.15) is 0 Å². The van der Waals surface area contributed by atoms with Crippen molar-refractivity contribution in [2.24, 2.45) is 0 Å². The highest BCUT2D eigenvalue weighted by molar-refractivity contribution is 5.92. The van der Waals surface area contributed by atoms with Gasteiger partial charge in [-0.25, -0.2) is 9.59 Å². The Morgan fingerprint density at radius 3 is 1.54 bits per heavy atom. The molecule has 1 aliphatic heterocycles. The minimum atomic E-state index is -2.67. The van der Waals surface area contributed by atoms with Gasteiger partial charge < -0.3 is 25.7 Å². The molecule has 0 aromatic heterocycles. The first-order valence-corrected chi connectivity index (χ1v) is 3.47. The molecule has 0 bridgehead atoms. The third-order valence-corrected chi connectivity index (χ3v) is 2.15. The number of β-amino-alcohol motifs (C(OH)–C–C–N with tert-alkyl or cyclic N) is 2. The molecule has 0 radical (unpaired) electrons. The second-order valence-corrected chi connectivity index (χ2v) is 2.93. The molecule has 0 aliphatic carbocycles. The van der Waals surface area contributed by atoms with E-state index in [1.54, 1.807) is 0 Å². The van der Waals surface area contributed by atoms with E-state index in [1.807, 2.05) is 0 Å². The summed E-state index contributed by atoms with van der Waals surface area (Å²) in [6.45, 7) is -0.990. The predicted molar refractivity (Wildman–Crippen MR) is 38.0 cm³/mol. The van der Waals surface area contributed by atoms with Gasteiger partial charge in [0.15, 0.2) is 0 Å². The topological polar surface area (TPSA) is 127 Å². The number of hydrogen-bond donors (Lipinski definition) is 5. The Morgan fingerprint density at radius 1 is 1.00 bits per heavy atom. The summed E-state index contributed by atoms with van der Waals surface area (Å²) in [4.78, 5) is 21.1. The van der Waals surface area contributed by atoms with Gasteiger partial charge in [-0.1, -0.05) is 0 Å². The van der Waals surface area contributed by atoms with E-state index in [-0.39, 0.29) is 0 Å². The Hall–Kier alpha value is -1.18. The Bertz CT molecular complexity index is 240. The van der Waals surface area contributed by atoms with Crippen molar-refractivity contribution in [3.63, 3.8) is 0 Å². The molecule has 74 valence electrons. The fourth-order valence-corrected chi connectivity index (χ4v) is 1.22. The van der Waals surface area contributed by atoms with Gasteiger partial charge in [0.05, 0.1) is 0 Å². The van der Waals surface area contributed by atoms with Gasteiger partial charge in [-0.15, -0.1) is 0 Å². The van der Waals surface area contributed by atoms with Crippen LogP contribution in [0.5, 0.6) is 0 Å². The first-order valence-electron chi connectivity index (χ1n) is 3.47. The molecule has 1 heterocycles. The molecular weight excluding hydrogens is 182 g/mol. The quantitative estimate of drug-likeness (QED) is 0.319. The lowest BCUT2D eigenvalue weighted by molar-refractivity contribution is -0.195. The third kappa shape index (κ3) is 1.09. The van der Waals surface area contributed by atoms with Gasteiger partial charge >= 0.3 is 11.9 Å². The maximum Gasteiger partial charge on any atom is 0.340 e. The van der Waals surface area contributed by atoms with E-state index in [0.29, 0.717) is 0 Å². The number of carboxylic acids is 2. The molecule has 0 spiro atoms. The van der Waals surface area contributed by atoms with Gasteiger partial charge in [0.25, 0.3) is 0 Å². The fraction of sp³-hybridized carbons (Fsp3) is 0.667. The van der Waals surface area contributed by atoms with Crippen molar-refractivity contribution in [3.8, 4) is 0 Å². The Balaban J connectivity index is 3.11. The Labute approximate surface area is 72.6 Å². The van der Waals surface area contributed by atoms with Gasteiger partial charge in [0.2, 0.25) is 11.2 Å². The van der Waals surface area contributed by atoms with Gasteiger partial charge in [0, 0.05) is 13.1 Å². The van der Waals surface area contributed by atoms with Crippen molar-refractivity contribution >= 4 is 11.9 Å². The molecule has 13 heavy (non-hydrogen) atoms. The molecule has 0 aromatic carbocycles. The summed E-state index contributed by atoms with van der Waals surface area (Å²) in [6, 6.07) is 0. The molecule has 0 saturated carbocycles. The molecule has 0 unspecified atom stereocenters. The zero-order valence-electron chi connectivity index (χ0n) is 6.52. The van der Waals surface area contributed by atoms with Crippen molar-refractivity contribution in [1.82, 2.24) is 5.32 Å². The number of rotatable bonds is 2. The van der Waals surface area contributed by atoms with Crippen LogP contribution in [0.4, 0.5) is 0 Å². The Kier molecular flexibility index (Phi) is 2.02. The second kappa shape index (κ2) is 2.66. The summed E-state index contributed by atoms with van der Waals surface area (Å²) in [5.74, 6) is -3.52. The van der Waals surface area contributed by atoms with Gasteiger partial charge in [-0.3, -0.25) is 0 Å². The average molecular weight is 191 g/mol. The summed E-state index contributed by atoms with van der Waals surface area (Å²) in [5.41, 5.74) is -5.34. The number of carboxylic acid groups (broad SMARTS) is 2. The SMILES string of the molecule is O=C(O)[C@]1(O)CNC[C@]1(O)C(=O)O. The average Bonchev–Trinajstić information content (AvgIpc) is 2.31. The smallest absolute Gasteiger partial charge is 0.340 e. The summed E-state index contributed by atoms with van der Waals surface area (Å²) in [6.07, 6.45) is 0. The monoisotopic (exact) mass is 191 g/mol. The number of nitrogens with one attached hydrogen (secondary N) is 1. The molecule has 1 fully saturated rings. The molecule has 1 saturated heterocycles. The normalized spacial score (nSPS) is 38.9. The highest BCUT2D eigenvalue weighted by atomic mass is 16.5. The number of hydrogen-bond acceptors (Lipinski definition) is 5. The minimum absolute atomic E-state index is 0.495. The third-order valence-electron chi connectivity index (χ3n) is 2.15. The van der Waals surface area contributed by atoms with Crippen molar-refractivity contribution in [1.29, 1.82) is 0 Å². The van der Waals surface area contributed by atoms with Crippen LogP contribution >= 0.6 is 0 Å². The summed E-state index contributed by atoms with van der Waals surface area (Å²) in [5, 5.41) is 38.1. The standard InChI is InChI=1S/C6H9NO6/c8-3(9)5(12)1-7-2-6(5,13)4(10)11/h7,12-13H,1-2H2,(H,8,9)(H,10,11)/t5-,6+. The molecule has 0 amide bonds. The molecule has 0 aromatic rings. The zero-order valence-corrected chi connectivity index (χ0v) is 6.52. The van der Waals surface area contributed by atoms with Crippen LogP contribution in [0.3, 0.4) is 0 Å². The van der Waals surface area contributed by atoms with Crippen LogP contribution in [0, 0.1) is 0 Å². The van der Waals surface area contributed by atoms with Crippen molar-refractivity contribution in [3.05, 3.63) is 0 Å². The van der Waals surface area contributed by atoms with E-state index in [1.165, 1.54) is 0 Å². The van der Waals surface area contributed by atoms with E-state index in [0.717, 1.165) is 0 Å². The van der Waals surface area contributed by atoms with Crippen molar-refractivity contribution in [2.75, 3.05) is 13.1 Å². The van der Waals surface area contributed by atoms with Gasteiger partial charge in [-0.05, 0) is 0 Å². The van der Waals surface area contributed by atoms with E-state index < -0.39 is 36.2 Å². The van der Waals surface area contributed by atoms with Crippen LogP contribution in [-0.2, 0) is 9.59 Å². The van der Waals surface area contributed by atoms with Crippen molar-refractivity contribution in [2.45, 2.75) is 11.2 Å². The second-order valence-electron chi connectivity index (χ2n) is 2.93. The zero-order chi connectivity index (χ0) is 10.3. The van der Waals surface area contributed by atoms with Gasteiger partial charge in [-0.2, -0.15) is 0 Å². The molecule has 1 aliphatic rings. The van der Waals surface area contributed by atoms with Crippen molar-refractivity contribution < 1.29 is 30.0 Å². The molecule has 1 rings (SSSR count). The predicted octanol–water partition coefficient (Wildman–Crippen LogP) is -2.78. The van der Waals surface area contributed by atoms with E-state index in [4.69, 9.17) is 10.2 Å². The van der Waals surface area contributed by atoms with Crippen LogP contribution in [-0.4, -0.2) is 56.7 Å².